The van der Waals surface area contributed by atoms with Gasteiger partial charge < -0.3 is 15.4 Å². The van der Waals surface area contributed by atoms with Gasteiger partial charge in [0.05, 0.1) is 5.56 Å². The summed E-state index contributed by atoms with van der Waals surface area (Å²) in [6.45, 7) is 0.332. The first-order valence-electron chi connectivity index (χ1n) is 7.41. The van der Waals surface area contributed by atoms with Gasteiger partial charge in [-0.15, -0.1) is 0 Å². The molecule has 0 bridgehead atoms. The Morgan fingerprint density at radius 3 is 2.62 bits per heavy atom. The van der Waals surface area contributed by atoms with Crippen molar-refractivity contribution >= 4 is 34.2 Å². The van der Waals surface area contributed by atoms with Crippen LogP contribution in [0.3, 0.4) is 0 Å². The summed E-state index contributed by atoms with van der Waals surface area (Å²) in [7, 11) is 0. The predicted octanol–water partition coefficient (Wildman–Crippen LogP) is 3.07. The zero-order valence-electron chi connectivity index (χ0n) is 12.7. The summed E-state index contributed by atoms with van der Waals surface area (Å²) in [6.07, 6.45) is 2.09. The van der Waals surface area contributed by atoms with E-state index in [9.17, 15) is 14.7 Å². The number of aromatic amines is 1. The van der Waals surface area contributed by atoms with E-state index < -0.39 is 11.7 Å². The van der Waals surface area contributed by atoms with Crippen LogP contribution in [0.25, 0.3) is 10.9 Å². The highest BCUT2D eigenvalue weighted by molar-refractivity contribution is 6.45. The number of benzene rings is 2. The lowest BCUT2D eigenvalue weighted by molar-refractivity contribution is -0.116. The third-order valence-electron chi connectivity index (χ3n) is 3.73. The molecule has 24 heavy (non-hydrogen) atoms. The molecule has 0 spiro atoms. The van der Waals surface area contributed by atoms with Crippen LogP contribution in [-0.4, -0.2) is 28.3 Å². The van der Waals surface area contributed by atoms with E-state index in [1.165, 1.54) is 6.20 Å². The Labute approximate surface area is 143 Å². The second kappa shape index (κ2) is 6.76. The van der Waals surface area contributed by atoms with Crippen LogP contribution in [0, 0.1) is 0 Å². The fourth-order valence-electron chi connectivity index (χ4n) is 2.47. The van der Waals surface area contributed by atoms with E-state index in [-0.39, 0.29) is 5.75 Å². The van der Waals surface area contributed by atoms with Crippen molar-refractivity contribution < 1.29 is 14.7 Å². The van der Waals surface area contributed by atoms with E-state index in [0.29, 0.717) is 28.9 Å². The standard InChI is InChI=1S/C18H15ClN2O3/c19-12-3-6-16-14(9-12)15(10-21-16)17(23)18(24)20-8-7-11-1-4-13(22)5-2-11/h1-6,9-10,21-22H,7-8H2,(H,20,24). The van der Waals surface area contributed by atoms with Crippen molar-refractivity contribution in [3.63, 3.8) is 0 Å². The van der Waals surface area contributed by atoms with E-state index in [1.807, 2.05) is 0 Å². The quantitative estimate of drug-likeness (QED) is 0.492. The number of aromatic nitrogens is 1. The number of hydrogen-bond acceptors (Lipinski definition) is 3. The average Bonchev–Trinajstić information content (AvgIpc) is 2.98. The molecule has 3 aromatic rings. The molecule has 0 atom stereocenters. The molecule has 0 radical (unpaired) electrons. The fraction of sp³-hybridized carbons (Fsp3) is 0.111. The van der Waals surface area contributed by atoms with Crippen molar-refractivity contribution in [2.45, 2.75) is 6.42 Å². The highest BCUT2D eigenvalue weighted by atomic mass is 35.5. The molecule has 3 rings (SSSR count). The zero-order chi connectivity index (χ0) is 17.1. The van der Waals surface area contributed by atoms with Gasteiger partial charge in [0.15, 0.2) is 0 Å². The first kappa shape index (κ1) is 16.1. The van der Waals surface area contributed by atoms with Crippen molar-refractivity contribution in [1.29, 1.82) is 0 Å². The Morgan fingerprint density at radius 1 is 1.12 bits per heavy atom. The lowest BCUT2D eigenvalue weighted by Crippen LogP contribution is -2.32. The number of carbonyl (C=O) groups excluding carboxylic acids is 2. The largest absolute Gasteiger partial charge is 0.508 e. The monoisotopic (exact) mass is 342 g/mol. The maximum absolute atomic E-state index is 12.3. The number of halogens is 1. The van der Waals surface area contributed by atoms with Crippen LogP contribution < -0.4 is 5.32 Å². The van der Waals surface area contributed by atoms with Gasteiger partial charge in [0, 0.05) is 28.7 Å². The number of nitrogens with one attached hydrogen (secondary N) is 2. The van der Waals surface area contributed by atoms with E-state index in [1.54, 1.807) is 42.5 Å². The highest BCUT2D eigenvalue weighted by Gasteiger charge is 2.19. The Morgan fingerprint density at radius 2 is 1.88 bits per heavy atom. The van der Waals surface area contributed by atoms with Crippen molar-refractivity contribution in [2.24, 2.45) is 0 Å². The molecular weight excluding hydrogens is 328 g/mol. The van der Waals surface area contributed by atoms with Crippen LogP contribution >= 0.6 is 11.6 Å². The smallest absolute Gasteiger partial charge is 0.292 e. The van der Waals surface area contributed by atoms with E-state index >= 15 is 0 Å². The van der Waals surface area contributed by atoms with Crippen LogP contribution in [0.1, 0.15) is 15.9 Å². The molecule has 0 saturated heterocycles. The lowest BCUT2D eigenvalue weighted by Gasteiger charge is -2.05. The number of ketones is 1. The van der Waals surface area contributed by atoms with Crippen molar-refractivity contribution in [3.05, 3.63) is 64.8 Å². The van der Waals surface area contributed by atoms with Gasteiger partial charge in [-0.1, -0.05) is 23.7 Å². The summed E-state index contributed by atoms with van der Waals surface area (Å²) in [5.74, 6) is -1.07. The number of H-pyrrole nitrogens is 1. The third-order valence-corrected chi connectivity index (χ3v) is 3.97. The molecule has 0 unspecified atom stereocenters. The van der Waals surface area contributed by atoms with Crippen molar-refractivity contribution in [1.82, 2.24) is 10.3 Å². The Kier molecular flexibility index (Phi) is 4.53. The zero-order valence-corrected chi connectivity index (χ0v) is 13.4. The maximum atomic E-state index is 12.3. The number of hydrogen-bond donors (Lipinski definition) is 3. The topological polar surface area (TPSA) is 82.2 Å². The number of aromatic hydroxyl groups is 1. The van der Waals surface area contributed by atoms with E-state index in [2.05, 4.69) is 10.3 Å². The van der Waals surface area contributed by atoms with Crippen molar-refractivity contribution in [2.75, 3.05) is 6.54 Å². The average molecular weight is 343 g/mol. The van der Waals surface area contributed by atoms with E-state index in [0.717, 1.165) is 11.1 Å². The summed E-state index contributed by atoms with van der Waals surface area (Å²) in [6, 6.07) is 11.8. The number of rotatable bonds is 5. The van der Waals surface area contributed by atoms with Gasteiger partial charge in [-0.2, -0.15) is 0 Å². The number of phenolic OH excluding ortho intramolecular Hbond substituents is 1. The molecule has 1 amide bonds. The molecule has 6 heteroatoms. The summed E-state index contributed by atoms with van der Waals surface area (Å²) >= 11 is 5.95. The molecule has 5 nitrogen and oxygen atoms in total. The summed E-state index contributed by atoms with van der Waals surface area (Å²) < 4.78 is 0. The van der Waals surface area contributed by atoms with Gasteiger partial charge in [0.25, 0.3) is 11.7 Å². The molecule has 1 heterocycles. The van der Waals surface area contributed by atoms with Gasteiger partial charge in [-0.3, -0.25) is 9.59 Å². The van der Waals surface area contributed by atoms with Gasteiger partial charge in [-0.25, -0.2) is 0 Å². The Hall–Kier alpha value is -2.79. The summed E-state index contributed by atoms with van der Waals surface area (Å²) in [5.41, 5.74) is 2.01. The van der Waals surface area contributed by atoms with Gasteiger partial charge in [-0.05, 0) is 42.3 Å². The molecule has 0 aliphatic heterocycles. The molecular formula is C18H15ClN2O3. The summed E-state index contributed by atoms with van der Waals surface area (Å²) in [4.78, 5) is 27.3. The van der Waals surface area contributed by atoms with Crippen LogP contribution in [0.5, 0.6) is 5.75 Å². The normalized spacial score (nSPS) is 10.7. The first-order chi connectivity index (χ1) is 11.5. The Balaban J connectivity index is 1.64. The lowest BCUT2D eigenvalue weighted by atomic mass is 10.1. The molecule has 0 fully saturated rings. The number of amides is 1. The number of carbonyl (C=O) groups is 2. The van der Waals surface area contributed by atoms with Crippen molar-refractivity contribution in [3.8, 4) is 5.75 Å². The van der Waals surface area contributed by atoms with Gasteiger partial charge >= 0.3 is 0 Å². The maximum Gasteiger partial charge on any atom is 0.292 e. The van der Waals surface area contributed by atoms with Crippen LogP contribution in [0.15, 0.2) is 48.7 Å². The van der Waals surface area contributed by atoms with Gasteiger partial charge in [0.1, 0.15) is 5.75 Å². The minimum Gasteiger partial charge on any atom is -0.508 e. The molecule has 1 aromatic heterocycles. The van der Waals surface area contributed by atoms with E-state index in [4.69, 9.17) is 11.6 Å². The Bertz CT molecular complexity index is 900. The SMILES string of the molecule is O=C(NCCc1ccc(O)cc1)C(=O)c1c[nH]c2ccc(Cl)cc12. The predicted molar refractivity (Wildman–Crippen MR) is 92.5 cm³/mol. The summed E-state index contributed by atoms with van der Waals surface area (Å²) in [5, 5.41) is 13.0. The van der Waals surface area contributed by atoms with Crippen LogP contribution in [0.2, 0.25) is 5.02 Å². The second-order valence-electron chi connectivity index (χ2n) is 5.39. The molecule has 3 N–H and O–H groups in total. The molecule has 0 aliphatic rings. The second-order valence-corrected chi connectivity index (χ2v) is 5.83. The first-order valence-corrected chi connectivity index (χ1v) is 7.79. The molecule has 0 saturated carbocycles. The number of fused-ring (bicyclic) bond motifs is 1. The highest BCUT2D eigenvalue weighted by Crippen LogP contribution is 2.22. The third kappa shape index (κ3) is 3.41. The molecule has 0 aliphatic carbocycles. The molecule has 122 valence electrons. The minimum absolute atomic E-state index is 0.191. The minimum atomic E-state index is -0.658. The van der Waals surface area contributed by atoms with Gasteiger partial charge in [0.2, 0.25) is 0 Å². The van der Waals surface area contributed by atoms with Crippen LogP contribution in [0.4, 0.5) is 0 Å². The molecule has 2 aromatic carbocycles. The number of phenols is 1. The van der Waals surface area contributed by atoms with Crippen LogP contribution in [-0.2, 0) is 11.2 Å². The fourth-order valence-corrected chi connectivity index (χ4v) is 2.64. The number of Topliss-reactive ketones (excluding diaryl/α,β-unsaturated/α-hetero) is 1.